The molecule has 18 heavy (non-hydrogen) atoms. The van der Waals surface area contributed by atoms with Crippen LogP contribution in [0.1, 0.15) is 24.8 Å². The summed E-state index contributed by atoms with van der Waals surface area (Å²) in [4.78, 5) is 6.45. The Hall–Kier alpha value is -0.350. The molecule has 2 heterocycles. The summed E-state index contributed by atoms with van der Waals surface area (Å²) >= 11 is 11.9. The lowest BCUT2D eigenvalue weighted by Gasteiger charge is -2.32. The largest absolute Gasteiger partial charge is 0.396 e. The SMILES string of the molecule is OCCC1CCCN(Cc2cnc(Cl)cc2Cl)C1. The highest BCUT2D eigenvalue weighted by Crippen LogP contribution is 2.24. The molecular formula is C13H18Cl2N2O. The monoisotopic (exact) mass is 288 g/mol. The minimum Gasteiger partial charge on any atom is -0.396 e. The minimum absolute atomic E-state index is 0.280. The van der Waals surface area contributed by atoms with Crippen molar-refractivity contribution in [2.45, 2.75) is 25.8 Å². The summed E-state index contributed by atoms with van der Waals surface area (Å²) in [6.45, 7) is 3.20. The van der Waals surface area contributed by atoms with Crippen LogP contribution in [0.2, 0.25) is 10.2 Å². The zero-order valence-corrected chi connectivity index (χ0v) is 11.8. The fraction of sp³-hybridized carbons (Fsp3) is 0.615. The molecule has 0 saturated carbocycles. The highest BCUT2D eigenvalue weighted by Gasteiger charge is 2.20. The first-order valence-corrected chi connectivity index (χ1v) is 7.07. The molecule has 1 fully saturated rings. The second-order valence-corrected chi connectivity index (χ2v) is 5.65. The van der Waals surface area contributed by atoms with Crippen LogP contribution in [0.15, 0.2) is 12.3 Å². The van der Waals surface area contributed by atoms with E-state index in [1.165, 1.54) is 12.8 Å². The van der Waals surface area contributed by atoms with E-state index in [9.17, 15) is 0 Å². The molecule has 0 spiro atoms. The molecule has 1 atom stereocenters. The van der Waals surface area contributed by atoms with E-state index in [0.717, 1.165) is 31.6 Å². The van der Waals surface area contributed by atoms with Gasteiger partial charge in [-0.3, -0.25) is 4.90 Å². The molecule has 0 bridgehead atoms. The van der Waals surface area contributed by atoms with Crippen LogP contribution in [0, 0.1) is 5.92 Å². The Bertz CT molecular complexity index is 399. The molecule has 1 N–H and O–H groups in total. The van der Waals surface area contributed by atoms with Crippen molar-refractivity contribution >= 4 is 23.2 Å². The van der Waals surface area contributed by atoms with Gasteiger partial charge in [0.05, 0.1) is 0 Å². The molecule has 100 valence electrons. The van der Waals surface area contributed by atoms with Crippen molar-refractivity contribution < 1.29 is 5.11 Å². The lowest BCUT2D eigenvalue weighted by atomic mass is 9.95. The maximum atomic E-state index is 9.00. The van der Waals surface area contributed by atoms with Gasteiger partial charge in [0.25, 0.3) is 0 Å². The molecule has 1 saturated heterocycles. The maximum absolute atomic E-state index is 9.00. The second-order valence-electron chi connectivity index (χ2n) is 4.85. The summed E-state index contributed by atoms with van der Waals surface area (Å²) in [5, 5.41) is 10.1. The molecule has 1 aromatic heterocycles. The van der Waals surface area contributed by atoms with E-state index in [2.05, 4.69) is 9.88 Å². The highest BCUT2D eigenvalue weighted by atomic mass is 35.5. The van der Waals surface area contributed by atoms with E-state index in [0.29, 0.717) is 16.1 Å². The Morgan fingerprint density at radius 1 is 1.44 bits per heavy atom. The standard InChI is InChI=1S/C13H18Cl2N2O/c14-12-6-13(15)16-7-11(12)9-17-4-1-2-10(8-17)3-5-18/h6-7,10,18H,1-5,8-9H2. The van der Waals surface area contributed by atoms with Crippen molar-refractivity contribution in [3.63, 3.8) is 0 Å². The predicted octanol–water partition coefficient (Wildman–Crippen LogP) is 2.98. The van der Waals surface area contributed by atoms with Gasteiger partial charge < -0.3 is 5.11 Å². The zero-order valence-electron chi connectivity index (χ0n) is 10.3. The van der Waals surface area contributed by atoms with Crippen LogP contribution < -0.4 is 0 Å². The van der Waals surface area contributed by atoms with Crippen molar-refractivity contribution in [1.82, 2.24) is 9.88 Å². The van der Waals surface area contributed by atoms with Crippen molar-refractivity contribution in [3.05, 3.63) is 28.0 Å². The molecule has 0 radical (unpaired) electrons. The maximum Gasteiger partial charge on any atom is 0.130 e. The normalized spacial score (nSPS) is 21.2. The van der Waals surface area contributed by atoms with E-state index in [1.54, 1.807) is 12.3 Å². The molecule has 0 amide bonds. The van der Waals surface area contributed by atoms with Gasteiger partial charge >= 0.3 is 0 Å². The summed E-state index contributed by atoms with van der Waals surface area (Å²) in [5.74, 6) is 0.600. The number of halogens is 2. The molecule has 1 aliphatic heterocycles. The first kappa shape index (κ1) is 14.1. The summed E-state index contributed by atoms with van der Waals surface area (Å²) in [5.41, 5.74) is 1.02. The third-order valence-electron chi connectivity index (χ3n) is 3.43. The molecular weight excluding hydrogens is 271 g/mol. The quantitative estimate of drug-likeness (QED) is 0.866. The fourth-order valence-electron chi connectivity index (χ4n) is 2.51. The second kappa shape index (κ2) is 6.71. The number of likely N-dealkylation sites (tertiary alicyclic amines) is 1. The van der Waals surface area contributed by atoms with Gasteiger partial charge in [-0.25, -0.2) is 4.98 Å². The van der Waals surface area contributed by atoms with Crippen LogP contribution in [0.25, 0.3) is 0 Å². The molecule has 0 aliphatic carbocycles. The molecule has 3 nitrogen and oxygen atoms in total. The Balaban J connectivity index is 1.96. The molecule has 1 aromatic rings. The predicted molar refractivity (Wildman–Crippen MR) is 74.0 cm³/mol. The van der Waals surface area contributed by atoms with Crippen LogP contribution in [-0.2, 0) is 6.54 Å². The lowest BCUT2D eigenvalue weighted by Crippen LogP contribution is -2.35. The molecule has 5 heteroatoms. The first-order chi connectivity index (χ1) is 8.69. The van der Waals surface area contributed by atoms with Gasteiger partial charge in [-0.2, -0.15) is 0 Å². The lowest BCUT2D eigenvalue weighted by molar-refractivity contribution is 0.142. The Morgan fingerprint density at radius 2 is 2.28 bits per heavy atom. The van der Waals surface area contributed by atoms with Crippen molar-refractivity contribution in [3.8, 4) is 0 Å². The van der Waals surface area contributed by atoms with Gasteiger partial charge in [-0.1, -0.05) is 23.2 Å². The number of aliphatic hydroxyl groups excluding tert-OH is 1. The Labute approximate surface area is 118 Å². The van der Waals surface area contributed by atoms with Gasteiger partial charge in [0.1, 0.15) is 5.15 Å². The minimum atomic E-state index is 0.280. The van der Waals surface area contributed by atoms with Crippen LogP contribution in [-0.4, -0.2) is 34.7 Å². The third kappa shape index (κ3) is 3.82. The number of hydrogen-bond donors (Lipinski definition) is 1. The summed E-state index contributed by atoms with van der Waals surface area (Å²) < 4.78 is 0. The average Bonchev–Trinajstić information content (AvgIpc) is 2.34. The van der Waals surface area contributed by atoms with Crippen LogP contribution in [0.3, 0.4) is 0 Å². The topological polar surface area (TPSA) is 36.4 Å². The number of aliphatic hydroxyl groups is 1. The smallest absolute Gasteiger partial charge is 0.130 e. The van der Waals surface area contributed by atoms with Crippen molar-refractivity contribution in [1.29, 1.82) is 0 Å². The Kier molecular flexibility index (Phi) is 5.25. The summed E-state index contributed by atoms with van der Waals surface area (Å²) in [6, 6.07) is 1.69. The van der Waals surface area contributed by atoms with Crippen LogP contribution >= 0.6 is 23.2 Å². The van der Waals surface area contributed by atoms with Gasteiger partial charge in [-0.15, -0.1) is 0 Å². The van der Waals surface area contributed by atoms with Gasteiger partial charge in [0.15, 0.2) is 0 Å². The number of pyridine rings is 1. The number of nitrogens with zero attached hydrogens (tertiary/aromatic N) is 2. The molecule has 0 aromatic carbocycles. The van der Waals surface area contributed by atoms with E-state index in [-0.39, 0.29) is 6.61 Å². The highest BCUT2D eigenvalue weighted by molar-refractivity contribution is 6.34. The molecule has 2 rings (SSSR count). The molecule has 1 unspecified atom stereocenters. The van der Waals surface area contributed by atoms with Crippen LogP contribution in [0.5, 0.6) is 0 Å². The van der Waals surface area contributed by atoms with Gasteiger partial charge in [0, 0.05) is 36.5 Å². The van der Waals surface area contributed by atoms with E-state index < -0.39 is 0 Å². The van der Waals surface area contributed by atoms with E-state index in [4.69, 9.17) is 28.3 Å². The van der Waals surface area contributed by atoms with Gasteiger partial charge in [0.2, 0.25) is 0 Å². The third-order valence-corrected chi connectivity index (χ3v) is 3.99. The van der Waals surface area contributed by atoms with Gasteiger partial charge in [-0.05, 0) is 37.8 Å². The summed E-state index contributed by atoms with van der Waals surface area (Å²) in [7, 11) is 0. The Morgan fingerprint density at radius 3 is 3.00 bits per heavy atom. The number of piperidine rings is 1. The van der Waals surface area contributed by atoms with Crippen molar-refractivity contribution in [2.75, 3.05) is 19.7 Å². The average molecular weight is 289 g/mol. The van der Waals surface area contributed by atoms with Crippen molar-refractivity contribution in [2.24, 2.45) is 5.92 Å². The summed E-state index contributed by atoms with van der Waals surface area (Å²) in [6.07, 6.45) is 5.04. The fourth-order valence-corrected chi connectivity index (χ4v) is 2.93. The van der Waals surface area contributed by atoms with E-state index >= 15 is 0 Å². The molecule has 1 aliphatic rings. The number of rotatable bonds is 4. The first-order valence-electron chi connectivity index (χ1n) is 6.32. The number of hydrogen-bond acceptors (Lipinski definition) is 3. The van der Waals surface area contributed by atoms with Crippen LogP contribution in [0.4, 0.5) is 0 Å². The van der Waals surface area contributed by atoms with E-state index in [1.807, 2.05) is 0 Å². The zero-order chi connectivity index (χ0) is 13.0. The number of aromatic nitrogens is 1.